The Morgan fingerprint density at radius 2 is 2.12 bits per heavy atom. The number of amides is 2. The lowest BCUT2D eigenvalue weighted by molar-refractivity contribution is -0.133. The van der Waals surface area contributed by atoms with Crippen LogP contribution >= 0.6 is 0 Å². The van der Waals surface area contributed by atoms with E-state index in [2.05, 4.69) is 35.1 Å². The fourth-order valence-corrected chi connectivity index (χ4v) is 5.12. The molecule has 33 heavy (non-hydrogen) atoms. The first-order valence-electron chi connectivity index (χ1n) is 11.6. The van der Waals surface area contributed by atoms with Gasteiger partial charge in [-0.1, -0.05) is 19.9 Å². The molecule has 0 bridgehead atoms. The summed E-state index contributed by atoms with van der Waals surface area (Å²) in [4.78, 5) is 31.5. The van der Waals surface area contributed by atoms with Gasteiger partial charge in [-0.15, -0.1) is 0 Å². The van der Waals surface area contributed by atoms with E-state index < -0.39 is 0 Å². The van der Waals surface area contributed by atoms with Crippen molar-refractivity contribution in [2.45, 2.75) is 52.0 Å². The van der Waals surface area contributed by atoms with Crippen LogP contribution in [-0.4, -0.2) is 63.2 Å². The summed E-state index contributed by atoms with van der Waals surface area (Å²) in [6, 6.07) is 7.69. The number of hydrogen-bond acceptors (Lipinski definition) is 4. The van der Waals surface area contributed by atoms with Crippen molar-refractivity contribution in [3.8, 4) is 11.4 Å². The Morgan fingerprint density at radius 1 is 1.30 bits per heavy atom. The molecule has 2 aromatic heterocycles. The zero-order valence-electron chi connectivity index (χ0n) is 19.4. The summed E-state index contributed by atoms with van der Waals surface area (Å²) in [5.74, 6) is -0.259. The van der Waals surface area contributed by atoms with Crippen LogP contribution in [0, 0.1) is 5.41 Å². The molecule has 0 spiro atoms. The molecule has 1 aliphatic carbocycles. The number of hydrogen-bond donors (Lipinski definition) is 3. The molecule has 1 atom stereocenters. The molecule has 0 unspecified atom stereocenters. The molecule has 1 aliphatic heterocycles. The van der Waals surface area contributed by atoms with Gasteiger partial charge in [0, 0.05) is 41.3 Å². The number of carbonyl (C=O) groups excluding carboxylic acids is 2. The highest BCUT2D eigenvalue weighted by Gasteiger charge is 2.33. The number of H-pyrrole nitrogens is 2. The van der Waals surface area contributed by atoms with Gasteiger partial charge in [0.15, 0.2) is 0 Å². The molecule has 2 aliphatic rings. The lowest BCUT2D eigenvalue weighted by Crippen LogP contribution is -2.43. The average Bonchev–Trinajstić information content (AvgIpc) is 3.48. The SMILES string of the molecule is CN(C(=O)CN1C(=O)CC[C@H]1CO)c1ccc2cc(-c3n[nH]c4c3CCC(C)(C)C4)[nH]c2c1. The zero-order valence-corrected chi connectivity index (χ0v) is 19.4. The number of benzene rings is 1. The van der Waals surface area contributed by atoms with Gasteiger partial charge in [-0.2, -0.15) is 5.10 Å². The minimum Gasteiger partial charge on any atom is -0.394 e. The molecule has 1 fully saturated rings. The van der Waals surface area contributed by atoms with E-state index in [0.29, 0.717) is 18.3 Å². The van der Waals surface area contributed by atoms with Gasteiger partial charge in [-0.25, -0.2) is 0 Å². The Balaban J connectivity index is 1.37. The first kappa shape index (κ1) is 21.7. The predicted molar refractivity (Wildman–Crippen MR) is 127 cm³/mol. The molecular formula is C25H31N5O3. The van der Waals surface area contributed by atoms with Gasteiger partial charge in [0.05, 0.1) is 18.3 Å². The Hall–Kier alpha value is -3.13. The molecule has 3 aromatic rings. The quantitative estimate of drug-likeness (QED) is 0.557. The summed E-state index contributed by atoms with van der Waals surface area (Å²) in [6.07, 6.45) is 4.13. The number of fused-ring (bicyclic) bond motifs is 2. The Morgan fingerprint density at radius 3 is 2.91 bits per heavy atom. The van der Waals surface area contributed by atoms with Gasteiger partial charge in [0.25, 0.3) is 0 Å². The number of anilines is 1. The van der Waals surface area contributed by atoms with E-state index in [1.54, 1.807) is 11.9 Å². The highest BCUT2D eigenvalue weighted by Crippen LogP contribution is 2.38. The van der Waals surface area contributed by atoms with E-state index >= 15 is 0 Å². The van der Waals surface area contributed by atoms with Gasteiger partial charge in [0.2, 0.25) is 11.8 Å². The minimum atomic E-state index is -0.270. The van der Waals surface area contributed by atoms with E-state index in [9.17, 15) is 14.7 Å². The first-order chi connectivity index (χ1) is 15.8. The van der Waals surface area contributed by atoms with Gasteiger partial charge >= 0.3 is 0 Å². The van der Waals surface area contributed by atoms with Crippen LogP contribution in [0.3, 0.4) is 0 Å². The molecule has 8 nitrogen and oxygen atoms in total. The van der Waals surface area contributed by atoms with Crippen molar-refractivity contribution in [3.63, 3.8) is 0 Å². The Labute approximate surface area is 193 Å². The third-order valence-electron chi connectivity index (χ3n) is 7.25. The number of aliphatic hydroxyl groups is 1. The number of aliphatic hydroxyl groups excluding tert-OH is 1. The van der Waals surface area contributed by atoms with Gasteiger partial charge in [-0.05, 0) is 49.3 Å². The number of aromatic amines is 2. The second kappa shape index (κ2) is 8.02. The number of likely N-dealkylation sites (N-methyl/N-ethyl adjacent to an activating group) is 1. The molecule has 8 heteroatoms. The molecule has 1 saturated heterocycles. The number of nitrogens with zero attached hydrogens (tertiary/aromatic N) is 3. The van der Waals surface area contributed by atoms with E-state index in [1.807, 2.05) is 18.2 Å². The lowest BCUT2D eigenvalue weighted by Gasteiger charge is -2.28. The number of rotatable bonds is 5. The van der Waals surface area contributed by atoms with Crippen LogP contribution in [-0.2, 0) is 22.4 Å². The smallest absolute Gasteiger partial charge is 0.246 e. The van der Waals surface area contributed by atoms with Crippen LogP contribution in [0.4, 0.5) is 5.69 Å². The summed E-state index contributed by atoms with van der Waals surface area (Å²) in [5, 5.41) is 18.4. The third-order valence-corrected chi connectivity index (χ3v) is 7.25. The lowest BCUT2D eigenvalue weighted by atomic mass is 9.76. The average molecular weight is 450 g/mol. The number of carbonyl (C=O) groups is 2. The molecule has 1 aromatic carbocycles. The van der Waals surface area contributed by atoms with Crippen molar-refractivity contribution >= 4 is 28.4 Å². The van der Waals surface area contributed by atoms with Gasteiger partial charge < -0.3 is 19.9 Å². The Kier molecular flexibility index (Phi) is 5.28. The van der Waals surface area contributed by atoms with E-state index in [1.165, 1.54) is 16.2 Å². The zero-order chi connectivity index (χ0) is 23.3. The Bertz CT molecular complexity index is 1220. The van der Waals surface area contributed by atoms with Crippen LogP contribution in [0.5, 0.6) is 0 Å². The molecule has 0 radical (unpaired) electrons. The summed E-state index contributed by atoms with van der Waals surface area (Å²) in [7, 11) is 1.72. The number of nitrogens with one attached hydrogen (secondary N) is 2. The van der Waals surface area contributed by atoms with Crippen LogP contribution in [0.25, 0.3) is 22.3 Å². The first-order valence-corrected chi connectivity index (χ1v) is 11.6. The van der Waals surface area contributed by atoms with Gasteiger partial charge in [0.1, 0.15) is 12.2 Å². The van der Waals surface area contributed by atoms with Crippen LogP contribution in [0.1, 0.15) is 44.4 Å². The monoisotopic (exact) mass is 449 g/mol. The molecule has 0 saturated carbocycles. The van der Waals surface area contributed by atoms with E-state index in [-0.39, 0.29) is 31.0 Å². The third kappa shape index (κ3) is 3.93. The second-order valence-corrected chi connectivity index (χ2v) is 10.2. The molecule has 3 N–H and O–H groups in total. The maximum atomic E-state index is 12.9. The van der Waals surface area contributed by atoms with Crippen molar-refractivity contribution in [3.05, 3.63) is 35.5 Å². The van der Waals surface area contributed by atoms with Crippen molar-refractivity contribution in [2.24, 2.45) is 5.41 Å². The maximum absolute atomic E-state index is 12.9. The van der Waals surface area contributed by atoms with Crippen molar-refractivity contribution < 1.29 is 14.7 Å². The summed E-state index contributed by atoms with van der Waals surface area (Å²) >= 11 is 0. The molecule has 2 amide bonds. The largest absolute Gasteiger partial charge is 0.394 e. The highest BCUT2D eigenvalue weighted by molar-refractivity contribution is 5.99. The van der Waals surface area contributed by atoms with Gasteiger partial charge in [-0.3, -0.25) is 14.7 Å². The highest BCUT2D eigenvalue weighted by atomic mass is 16.3. The summed E-state index contributed by atoms with van der Waals surface area (Å²) < 4.78 is 0. The van der Waals surface area contributed by atoms with Crippen LogP contribution in [0.15, 0.2) is 24.3 Å². The van der Waals surface area contributed by atoms with Crippen LogP contribution < -0.4 is 4.90 Å². The summed E-state index contributed by atoms with van der Waals surface area (Å²) in [5.41, 5.74) is 6.44. The number of aromatic nitrogens is 3. The predicted octanol–water partition coefficient (Wildman–Crippen LogP) is 3.02. The molecule has 174 valence electrons. The fraction of sp³-hybridized carbons (Fsp3) is 0.480. The maximum Gasteiger partial charge on any atom is 0.246 e. The number of likely N-dealkylation sites (tertiary alicyclic amines) is 1. The summed E-state index contributed by atoms with van der Waals surface area (Å²) in [6.45, 7) is 4.45. The fourth-order valence-electron chi connectivity index (χ4n) is 5.12. The van der Waals surface area contributed by atoms with E-state index in [4.69, 9.17) is 0 Å². The van der Waals surface area contributed by atoms with Crippen molar-refractivity contribution in [2.75, 3.05) is 25.1 Å². The molecule has 3 heterocycles. The van der Waals surface area contributed by atoms with E-state index in [0.717, 1.165) is 47.2 Å². The van der Waals surface area contributed by atoms with Crippen molar-refractivity contribution in [1.82, 2.24) is 20.1 Å². The topological polar surface area (TPSA) is 105 Å². The standard InChI is InChI=1S/C25H31N5O3/c1-25(2)9-8-18-21(12-25)27-28-24(18)20-10-15-4-5-16(11-19(15)26-20)29(3)23(33)13-30-17(14-31)6-7-22(30)32/h4-5,10-11,17,26,31H,6-9,12-14H2,1-3H3,(H,27,28)/t17-/m0/s1. The second-order valence-electron chi connectivity index (χ2n) is 10.2. The molecule has 5 rings (SSSR count). The molecular weight excluding hydrogens is 418 g/mol. The minimum absolute atomic E-state index is 0.0235. The van der Waals surface area contributed by atoms with Crippen molar-refractivity contribution in [1.29, 1.82) is 0 Å². The normalized spacial score (nSPS) is 19.8. The van der Waals surface area contributed by atoms with Crippen LogP contribution in [0.2, 0.25) is 0 Å².